The van der Waals surface area contributed by atoms with Crippen molar-refractivity contribution in [2.75, 3.05) is 5.32 Å². The highest BCUT2D eigenvalue weighted by molar-refractivity contribution is 5.59. The number of aromatic hydroxyl groups is 1. The molecule has 1 atom stereocenters. The molecule has 0 aliphatic carbocycles. The molecule has 0 radical (unpaired) electrons. The first-order valence-corrected chi connectivity index (χ1v) is 4.26. The van der Waals surface area contributed by atoms with Gasteiger partial charge in [-0.1, -0.05) is 6.07 Å². The number of phenols is 1. The molecule has 0 aliphatic rings. The summed E-state index contributed by atoms with van der Waals surface area (Å²) in [6, 6.07) is 3.66. The largest absolute Gasteiger partial charge is 0.507 e. The highest BCUT2D eigenvalue weighted by atomic mass is 16.3. The van der Waals surface area contributed by atoms with Crippen LogP contribution < -0.4 is 5.32 Å². The highest BCUT2D eigenvalue weighted by Gasteiger charge is 2.06. The van der Waals surface area contributed by atoms with E-state index in [1.54, 1.807) is 6.92 Å². The Morgan fingerprint density at radius 2 is 1.92 bits per heavy atom. The molecule has 3 N–H and O–H groups in total. The molecule has 1 aromatic carbocycles. The van der Waals surface area contributed by atoms with E-state index < -0.39 is 6.23 Å². The lowest BCUT2D eigenvalue weighted by Crippen LogP contribution is -2.14. The lowest BCUT2D eigenvalue weighted by atomic mass is 10.1. The number of hydrogen-bond acceptors (Lipinski definition) is 3. The topological polar surface area (TPSA) is 52.5 Å². The van der Waals surface area contributed by atoms with E-state index in [1.807, 2.05) is 26.0 Å². The van der Waals surface area contributed by atoms with Gasteiger partial charge in [0.25, 0.3) is 0 Å². The second kappa shape index (κ2) is 3.66. The summed E-state index contributed by atoms with van der Waals surface area (Å²) < 4.78 is 0. The maximum Gasteiger partial charge on any atom is 0.123 e. The number of aliphatic hydroxyl groups is 1. The molecule has 0 fully saturated rings. The number of aliphatic hydroxyl groups excluding tert-OH is 1. The summed E-state index contributed by atoms with van der Waals surface area (Å²) >= 11 is 0. The summed E-state index contributed by atoms with van der Waals surface area (Å²) in [6.07, 6.45) is -0.610. The van der Waals surface area contributed by atoms with Crippen molar-refractivity contribution in [3.05, 3.63) is 23.3 Å². The van der Waals surface area contributed by atoms with Crippen LogP contribution in [-0.4, -0.2) is 16.4 Å². The summed E-state index contributed by atoms with van der Waals surface area (Å²) in [7, 11) is 0. The Balaban J connectivity index is 3.04. The van der Waals surface area contributed by atoms with Crippen LogP contribution in [0.1, 0.15) is 18.1 Å². The number of hydrogen-bond donors (Lipinski definition) is 3. The lowest BCUT2D eigenvalue weighted by molar-refractivity contribution is 0.224. The first-order valence-electron chi connectivity index (χ1n) is 4.26. The smallest absolute Gasteiger partial charge is 0.123 e. The molecule has 0 aromatic heterocycles. The van der Waals surface area contributed by atoms with E-state index in [9.17, 15) is 5.11 Å². The zero-order valence-electron chi connectivity index (χ0n) is 8.13. The van der Waals surface area contributed by atoms with Gasteiger partial charge in [-0.3, -0.25) is 0 Å². The van der Waals surface area contributed by atoms with Gasteiger partial charge in [-0.05, 0) is 32.4 Å². The van der Waals surface area contributed by atoms with E-state index >= 15 is 0 Å². The number of benzene rings is 1. The van der Waals surface area contributed by atoms with Crippen molar-refractivity contribution in [3.63, 3.8) is 0 Å². The Kier molecular flexibility index (Phi) is 2.78. The number of rotatable bonds is 2. The monoisotopic (exact) mass is 181 g/mol. The standard InChI is InChI=1S/C10H15NO2/c1-6-4-5-9(11-8(3)12)7(2)10(6)13/h4-5,8,11-13H,1-3H3. The number of nitrogens with one attached hydrogen (secondary N) is 1. The van der Waals surface area contributed by atoms with Crippen LogP contribution in [0.5, 0.6) is 5.75 Å². The van der Waals surface area contributed by atoms with Crippen molar-refractivity contribution in [1.29, 1.82) is 0 Å². The molecule has 0 heterocycles. The number of aryl methyl sites for hydroxylation is 1. The van der Waals surface area contributed by atoms with Gasteiger partial charge in [-0.25, -0.2) is 0 Å². The zero-order chi connectivity index (χ0) is 10.0. The molecule has 3 heteroatoms. The van der Waals surface area contributed by atoms with E-state index in [2.05, 4.69) is 5.32 Å². The minimum atomic E-state index is -0.610. The fourth-order valence-corrected chi connectivity index (χ4v) is 1.22. The predicted octanol–water partition coefficient (Wildman–Crippen LogP) is 1.76. The van der Waals surface area contributed by atoms with Crippen LogP contribution in [0.15, 0.2) is 12.1 Å². The van der Waals surface area contributed by atoms with E-state index in [4.69, 9.17) is 5.11 Å². The third-order valence-corrected chi connectivity index (χ3v) is 2.00. The molecule has 13 heavy (non-hydrogen) atoms. The van der Waals surface area contributed by atoms with Gasteiger partial charge in [0.1, 0.15) is 12.0 Å². The second-order valence-electron chi connectivity index (χ2n) is 3.22. The number of anilines is 1. The van der Waals surface area contributed by atoms with Crippen molar-refractivity contribution in [3.8, 4) is 5.75 Å². The molecular weight excluding hydrogens is 166 g/mol. The van der Waals surface area contributed by atoms with E-state index in [0.717, 1.165) is 16.8 Å². The lowest BCUT2D eigenvalue weighted by Gasteiger charge is -2.13. The maximum atomic E-state index is 9.58. The van der Waals surface area contributed by atoms with Crippen molar-refractivity contribution in [2.24, 2.45) is 0 Å². The quantitative estimate of drug-likeness (QED) is 0.609. The molecule has 1 rings (SSSR count). The van der Waals surface area contributed by atoms with E-state index in [-0.39, 0.29) is 5.75 Å². The SMILES string of the molecule is Cc1ccc(NC(C)O)c(C)c1O. The fraction of sp³-hybridized carbons (Fsp3) is 0.400. The summed E-state index contributed by atoms with van der Waals surface area (Å²) in [5.41, 5.74) is 2.37. The Morgan fingerprint density at radius 1 is 1.31 bits per heavy atom. The Morgan fingerprint density at radius 3 is 2.46 bits per heavy atom. The van der Waals surface area contributed by atoms with Crippen LogP contribution in [0.4, 0.5) is 5.69 Å². The minimum Gasteiger partial charge on any atom is -0.507 e. The molecule has 0 saturated heterocycles. The second-order valence-corrected chi connectivity index (χ2v) is 3.22. The van der Waals surface area contributed by atoms with Crippen molar-refractivity contribution in [2.45, 2.75) is 27.0 Å². The maximum absolute atomic E-state index is 9.58. The Bertz CT molecular complexity index is 308. The van der Waals surface area contributed by atoms with Crippen molar-refractivity contribution >= 4 is 5.69 Å². The van der Waals surface area contributed by atoms with Gasteiger partial charge in [0.2, 0.25) is 0 Å². The predicted molar refractivity (Wildman–Crippen MR) is 52.9 cm³/mol. The Labute approximate surface area is 78.0 Å². The van der Waals surface area contributed by atoms with Crippen LogP contribution in [0.3, 0.4) is 0 Å². The molecule has 0 saturated carbocycles. The van der Waals surface area contributed by atoms with Crippen LogP contribution in [0.2, 0.25) is 0 Å². The van der Waals surface area contributed by atoms with Gasteiger partial charge < -0.3 is 15.5 Å². The average molecular weight is 181 g/mol. The molecule has 72 valence electrons. The van der Waals surface area contributed by atoms with Gasteiger partial charge in [0, 0.05) is 11.3 Å². The zero-order valence-corrected chi connectivity index (χ0v) is 8.13. The first kappa shape index (κ1) is 9.86. The van der Waals surface area contributed by atoms with Crippen molar-refractivity contribution in [1.82, 2.24) is 0 Å². The average Bonchev–Trinajstić information content (AvgIpc) is 2.06. The van der Waals surface area contributed by atoms with Gasteiger partial charge >= 0.3 is 0 Å². The van der Waals surface area contributed by atoms with E-state index in [0.29, 0.717) is 0 Å². The van der Waals surface area contributed by atoms with Gasteiger partial charge in [-0.15, -0.1) is 0 Å². The Hall–Kier alpha value is -1.22. The van der Waals surface area contributed by atoms with Crippen LogP contribution in [0.25, 0.3) is 0 Å². The molecular formula is C10H15NO2. The molecule has 0 aliphatic heterocycles. The summed E-state index contributed by atoms with van der Waals surface area (Å²) in [4.78, 5) is 0. The highest BCUT2D eigenvalue weighted by Crippen LogP contribution is 2.28. The van der Waals surface area contributed by atoms with Crippen molar-refractivity contribution < 1.29 is 10.2 Å². The molecule has 3 nitrogen and oxygen atoms in total. The molecule has 0 amide bonds. The third-order valence-electron chi connectivity index (χ3n) is 2.00. The molecule has 1 unspecified atom stereocenters. The third kappa shape index (κ3) is 2.12. The van der Waals surface area contributed by atoms with E-state index in [1.165, 1.54) is 0 Å². The molecule has 0 bridgehead atoms. The summed E-state index contributed by atoms with van der Waals surface area (Å²) in [5.74, 6) is 0.283. The van der Waals surface area contributed by atoms with Crippen LogP contribution in [-0.2, 0) is 0 Å². The number of phenolic OH excluding ortho intramolecular Hbond substituents is 1. The minimum absolute atomic E-state index is 0.283. The summed E-state index contributed by atoms with van der Waals surface area (Å²) in [5, 5.41) is 21.5. The van der Waals surface area contributed by atoms with Gasteiger partial charge in [0.15, 0.2) is 0 Å². The van der Waals surface area contributed by atoms with Crippen LogP contribution in [0, 0.1) is 13.8 Å². The van der Waals surface area contributed by atoms with Gasteiger partial charge in [0.05, 0.1) is 0 Å². The normalized spacial score (nSPS) is 12.6. The molecule has 0 spiro atoms. The van der Waals surface area contributed by atoms with Gasteiger partial charge in [-0.2, -0.15) is 0 Å². The first-order chi connectivity index (χ1) is 6.02. The summed E-state index contributed by atoms with van der Waals surface area (Å²) in [6.45, 7) is 5.29. The van der Waals surface area contributed by atoms with Crippen LogP contribution >= 0.6 is 0 Å². The fourth-order valence-electron chi connectivity index (χ4n) is 1.22. The molecule has 1 aromatic rings.